The lowest BCUT2D eigenvalue weighted by molar-refractivity contribution is -0.131. The standard InChI is InChI=1S/C11H7F3O4/c12-7-3-6(5-15)8(1-2-10(16)17)9(4-7)18-11(13)14/h1-5,11H,(H,16,17)/b2-1+. The number of hydrogen-bond acceptors (Lipinski definition) is 3. The van der Waals surface area contributed by atoms with Crippen molar-refractivity contribution in [1.82, 2.24) is 0 Å². The lowest BCUT2D eigenvalue weighted by atomic mass is 10.1. The summed E-state index contributed by atoms with van der Waals surface area (Å²) in [7, 11) is 0. The van der Waals surface area contributed by atoms with Crippen LogP contribution >= 0.6 is 0 Å². The van der Waals surface area contributed by atoms with E-state index in [0.717, 1.165) is 12.1 Å². The Kier molecular flexibility index (Phi) is 4.47. The molecule has 4 nitrogen and oxygen atoms in total. The van der Waals surface area contributed by atoms with Gasteiger partial charge >= 0.3 is 12.6 Å². The maximum absolute atomic E-state index is 13.0. The number of ether oxygens (including phenoxy) is 1. The van der Waals surface area contributed by atoms with Crippen molar-refractivity contribution in [3.05, 3.63) is 35.2 Å². The predicted molar refractivity (Wildman–Crippen MR) is 55.1 cm³/mol. The fourth-order valence-electron chi connectivity index (χ4n) is 1.24. The van der Waals surface area contributed by atoms with Crippen LogP contribution < -0.4 is 4.74 Å². The molecule has 1 aromatic carbocycles. The van der Waals surface area contributed by atoms with Gasteiger partial charge in [-0.15, -0.1) is 0 Å². The van der Waals surface area contributed by atoms with Crippen LogP contribution in [0.25, 0.3) is 6.08 Å². The number of benzene rings is 1. The maximum Gasteiger partial charge on any atom is 0.387 e. The monoisotopic (exact) mass is 260 g/mol. The van der Waals surface area contributed by atoms with E-state index < -0.39 is 24.1 Å². The van der Waals surface area contributed by atoms with Crippen molar-refractivity contribution in [2.45, 2.75) is 6.61 Å². The Morgan fingerprint density at radius 3 is 2.56 bits per heavy atom. The van der Waals surface area contributed by atoms with E-state index in [4.69, 9.17) is 5.11 Å². The number of alkyl halides is 2. The largest absolute Gasteiger partial charge is 0.478 e. The van der Waals surface area contributed by atoms with E-state index in [-0.39, 0.29) is 17.4 Å². The first-order valence-corrected chi connectivity index (χ1v) is 4.58. The van der Waals surface area contributed by atoms with Crippen LogP contribution in [0.15, 0.2) is 18.2 Å². The Bertz CT molecular complexity index is 497. The van der Waals surface area contributed by atoms with Crippen LogP contribution in [0.4, 0.5) is 13.2 Å². The molecule has 0 fully saturated rings. The third-order valence-corrected chi connectivity index (χ3v) is 1.87. The van der Waals surface area contributed by atoms with E-state index in [1.54, 1.807) is 0 Å². The molecule has 1 N–H and O–H groups in total. The highest BCUT2D eigenvalue weighted by atomic mass is 19.3. The Hall–Kier alpha value is -2.31. The second-order valence-electron chi connectivity index (χ2n) is 3.07. The number of carboxylic acids is 1. The van der Waals surface area contributed by atoms with Gasteiger partial charge < -0.3 is 9.84 Å². The zero-order chi connectivity index (χ0) is 13.7. The van der Waals surface area contributed by atoms with Gasteiger partial charge in [0.2, 0.25) is 0 Å². The normalized spacial score (nSPS) is 10.9. The highest BCUT2D eigenvalue weighted by Gasteiger charge is 2.14. The van der Waals surface area contributed by atoms with Gasteiger partial charge in [-0.05, 0) is 12.1 Å². The molecule has 0 aliphatic carbocycles. The van der Waals surface area contributed by atoms with E-state index >= 15 is 0 Å². The molecule has 96 valence electrons. The second kappa shape index (κ2) is 5.85. The number of carbonyl (C=O) groups excluding carboxylic acids is 1. The molecule has 1 rings (SSSR count). The summed E-state index contributed by atoms with van der Waals surface area (Å²) in [4.78, 5) is 21.0. The SMILES string of the molecule is O=Cc1cc(F)cc(OC(F)F)c1/C=C/C(=O)O. The minimum absolute atomic E-state index is 0.211. The molecule has 0 aromatic heterocycles. The number of carbonyl (C=O) groups is 2. The molecule has 18 heavy (non-hydrogen) atoms. The summed E-state index contributed by atoms with van der Waals surface area (Å²) in [6.45, 7) is -3.22. The summed E-state index contributed by atoms with van der Waals surface area (Å²) < 4.78 is 41.2. The summed E-state index contributed by atoms with van der Waals surface area (Å²) in [5, 5.41) is 8.43. The lowest BCUT2D eigenvalue weighted by Crippen LogP contribution is -2.05. The van der Waals surface area contributed by atoms with E-state index in [1.807, 2.05) is 0 Å². The van der Waals surface area contributed by atoms with Crippen molar-refractivity contribution in [2.75, 3.05) is 0 Å². The molecule has 0 unspecified atom stereocenters. The molecule has 0 atom stereocenters. The molecule has 1 aromatic rings. The summed E-state index contributed by atoms with van der Waals surface area (Å²) in [6, 6.07) is 1.42. The Morgan fingerprint density at radius 2 is 2.06 bits per heavy atom. The van der Waals surface area contributed by atoms with Gasteiger partial charge in [0.25, 0.3) is 0 Å². The van der Waals surface area contributed by atoms with Crippen LogP contribution in [0, 0.1) is 5.82 Å². The summed E-state index contributed by atoms with van der Waals surface area (Å²) in [6.07, 6.45) is 1.71. The molecule has 0 aliphatic heterocycles. The molecule has 0 heterocycles. The van der Waals surface area contributed by atoms with Crippen LogP contribution in [0.3, 0.4) is 0 Å². The van der Waals surface area contributed by atoms with Gasteiger partial charge in [0.05, 0.1) is 0 Å². The molecule has 0 aliphatic rings. The molecule has 0 bridgehead atoms. The van der Waals surface area contributed by atoms with Crippen LogP contribution in [0.2, 0.25) is 0 Å². The highest BCUT2D eigenvalue weighted by Crippen LogP contribution is 2.26. The van der Waals surface area contributed by atoms with Crippen molar-refractivity contribution >= 4 is 18.3 Å². The number of aldehydes is 1. The maximum atomic E-state index is 13.0. The smallest absolute Gasteiger partial charge is 0.387 e. The molecule has 0 radical (unpaired) electrons. The van der Waals surface area contributed by atoms with E-state index in [0.29, 0.717) is 12.1 Å². The molecule has 0 saturated carbocycles. The molecule has 0 saturated heterocycles. The number of aliphatic carboxylic acids is 1. The van der Waals surface area contributed by atoms with Crippen molar-refractivity contribution in [2.24, 2.45) is 0 Å². The van der Waals surface area contributed by atoms with Crippen LogP contribution in [-0.4, -0.2) is 24.0 Å². The average Bonchev–Trinajstić information content (AvgIpc) is 2.25. The number of halogens is 3. The van der Waals surface area contributed by atoms with Crippen LogP contribution in [-0.2, 0) is 4.79 Å². The van der Waals surface area contributed by atoms with Crippen molar-refractivity contribution < 1.29 is 32.6 Å². The number of hydrogen-bond donors (Lipinski definition) is 1. The number of carboxylic acid groups (broad SMARTS) is 1. The third-order valence-electron chi connectivity index (χ3n) is 1.87. The Balaban J connectivity index is 3.32. The van der Waals surface area contributed by atoms with Gasteiger partial charge in [0.15, 0.2) is 6.29 Å². The zero-order valence-electron chi connectivity index (χ0n) is 8.77. The average molecular weight is 260 g/mol. The van der Waals surface area contributed by atoms with E-state index in [2.05, 4.69) is 4.74 Å². The lowest BCUT2D eigenvalue weighted by Gasteiger charge is -2.10. The highest BCUT2D eigenvalue weighted by molar-refractivity contribution is 5.90. The number of rotatable bonds is 5. The molecule has 0 amide bonds. The molecule has 7 heteroatoms. The molecular weight excluding hydrogens is 253 g/mol. The summed E-state index contributed by atoms with van der Waals surface area (Å²) >= 11 is 0. The second-order valence-corrected chi connectivity index (χ2v) is 3.07. The van der Waals surface area contributed by atoms with Crippen molar-refractivity contribution in [3.8, 4) is 5.75 Å². The fourth-order valence-corrected chi connectivity index (χ4v) is 1.24. The van der Waals surface area contributed by atoms with Crippen LogP contribution in [0.5, 0.6) is 5.75 Å². The van der Waals surface area contributed by atoms with Gasteiger partial charge in [0.1, 0.15) is 11.6 Å². The van der Waals surface area contributed by atoms with E-state index in [1.165, 1.54) is 0 Å². The zero-order valence-corrected chi connectivity index (χ0v) is 8.77. The summed E-state index contributed by atoms with van der Waals surface area (Å²) in [5.74, 6) is -2.90. The third kappa shape index (κ3) is 3.62. The first-order chi connectivity index (χ1) is 8.43. The van der Waals surface area contributed by atoms with E-state index in [9.17, 15) is 22.8 Å². The fraction of sp³-hybridized carbons (Fsp3) is 0.0909. The van der Waals surface area contributed by atoms with Gasteiger partial charge in [-0.2, -0.15) is 8.78 Å². The minimum Gasteiger partial charge on any atom is -0.478 e. The quantitative estimate of drug-likeness (QED) is 0.652. The predicted octanol–water partition coefficient (Wildman–Crippen LogP) is 2.34. The topological polar surface area (TPSA) is 63.6 Å². The minimum atomic E-state index is -3.22. The van der Waals surface area contributed by atoms with Gasteiger partial charge in [-0.1, -0.05) is 0 Å². The first kappa shape index (κ1) is 13.8. The van der Waals surface area contributed by atoms with Gasteiger partial charge in [0, 0.05) is 23.3 Å². The molecular formula is C11H7F3O4. The molecule has 0 spiro atoms. The first-order valence-electron chi connectivity index (χ1n) is 4.58. The summed E-state index contributed by atoms with van der Waals surface area (Å²) in [5.41, 5.74) is -0.516. The Labute approximate surface area is 99.3 Å². The van der Waals surface area contributed by atoms with Crippen molar-refractivity contribution in [1.29, 1.82) is 0 Å². The van der Waals surface area contributed by atoms with Crippen LogP contribution in [0.1, 0.15) is 15.9 Å². The van der Waals surface area contributed by atoms with Gasteiger partial charge in [-0.25, -0.2) is 9.18 Å². The van der Waals surface area contributed by atoms with Crippen molar-refractivity contribution in [3.63, 3.8) is 0 Å². The Morgan fingerprint density at radius 1 is 1.39 bits per heavy atom. The van der Waals surface area contributed by atoms with Gasteiger partial charge in [-0.3, -0.25) is 4.79 Å².